The van der Waals surface area contributed by atoms with Crippen LogP contribution in [0, 0.1) is 0 Å². The number of hydrogen-bond acceptors (Lipinski definition) is 4. The number of rotatable bonds is 4. The van der Waals surface area contributed by atoms with E-state index in [0.717, 1.165) is 44.1 Å². The molecular weight excluding hydrogens is 214 g/mol. The maximum absolute atomic E-state index is 5.53. The molecule has 2 rings (SSSR count). The molecule has 1 aliphatic heterocycles. The molecule has 4 nitrogen and oxygen atoms in total. The van der Waals surface area contributed by atoms with Crippen molar-refractivity contribution in [2.75, 3.05) is 13.1 Å². The van der Waals surface area contributed by atoms with Crippen molar-refractivity contribution >= 4 is 0 Å². The van der Waals surface area contributed by atoms with Gasteiger partial charge in [-0.15, -0.1) is 0 Å². The lowest BCUT2D eigenvalue weighted by Crippen LogP contribution is -2.40. The highest BCUT2D eigenvalue weighted by atomic mass is 16.5. The van der Waals surface area contributed by atoms with E-state index in [1.165, 1.54) is 6.42 Å². The second-order valence-corrected chi connectivity index (χ2v) is 5.39. The van der Waals surface area contributed by atoms with Crippen LogP contribution in [0.15, 0.2) is 4.52 Å². The molecule has 17 heavy (non-hydrogen) atoms. The van der Waals surface area contributed by atoms with Gasteiger partial charge in [0.1, 0.15) is 0 Å². The first-order valence-corrected chi connectivity index (χ1v) is 6.73. The van der Waals surface area contributed by atoms with E-state index in [9.17, 15) is 0 Å². The van der Waals surface area contributed by atoms with Crippen molar-refractivity contribution in [3.05, 3.63) is 11.7 Å². The van der Waals surface area contributed by atoms with Crippen molar-refractivity contribution in [2.24, 2.45) is 0 Å². The molecule has 0 aromatic carbocycles. The fraction of sp³-hybridized carbons (Fsp3) is 0.846. The summed E-state index contributed by atoms with van der Waals surface area (Å²) in [6.07, 6.45) is 4.54. The molecule has 1 aromatic rings. The highest BCUT2D eigenvalue weighted by molar-refractivity contribution is 5.08. The number of hydrogen-bond donors (Lipinski definition) is 1. The van der Waals surface area contributed by atoms with Crippen molar-refractivity contribution in [1.82, 2.24) is 15.5 Å². The SMILES string of the molecule is CCCC1(c2nc(C(C)C)no2)CCNCC1. The molecule has 1 aromatic heterocycles. The normalized spacial score (nSPS) is 19.8. The monoisotopic (exact) mass is 237 g/mol. The maximum Gasteiger partial charge on any atom is 0.232 e. The summed E-state index contributed by atoms with van der Waals surface area (Å²) in [7, 11) is 0. The molecule has 0 unspecified atom stereocenters. The maximum atomic E-state index is 5.53. The lowest BCUT2D eigenvalue weighted by molar-refractivity contribution is 0.208. The van der Waals surface area contributed by atoms with Gasteiger partial charge in [0, 0.05) is 5.92 Å². The predicted octanol–water partition coefficient (Wildman–Crippen LogP) is 2.61. The van der Waals surface area contributed by atoms with Crippen LogP contribution in [0.1, 0.15) is 64.1 Å². The third-order valence-corrected chi connectivity index (χ3v) is 3.70. The van der Waals surface area contributed by atoms with Gasteiger partial charge in [0.15, 0.2) is 5.82 Å². The Morgan fingerprint density at radius 1 is 1.35 bits per heavy atom. The van der Waals surface area contributed by atoms with Crippen molar-refractivity contribution in [3.63, 3.8) is 0 Å². The van der Waals surface area contributed by atoms with E-state index in [4.69, 9.17) is 4.52 Å². The molecular formula is C13H23N3O. The van der Waals surface area contributed by atoms with E-state index >= 15 is 0 Å². The molecule has 0 saturated carbocycles. The van der Waals surface area contributed by atoms with E-state index in [0.29, 0.717) is 5.92 Å². The summed E-state index contributed by atoms with van der Waals surface area (Å²) in [5.41, 5.74) is 0.125. The minimum atomic E-state index is 0.125. The third kappa shape index (κ3) is 2.51. The van der Waals surface area contributed by atoms with Crippen LogP contribution in [-0.4, -0.2) is 23.2 Å². The van der Waals surface area contributed by atoms with Gasteiger partial charge in [-0.25, -0.2) is 0 Å². The summed E-state index contributed by atoms with van der Waals surface area (Å²) in [4.78, 5) is 4.62. The molecule has 1 N–H and O–H groups in total. The van der Waals surface area contributed by atoms with Gasteiger partial charge in [-0.2, -0.15) is 4.98 Å². The minimum Gasteiger partial charge on any atom is -0.339 e. The molecule has 1 saturated heterocycles. The number of nitrogens with one attached hydrogen (secondary N) is 1. The number of nitrogens with zero attached hydrogens (tertiary/aromatic N) is 2. The van der Waals surface area contributed by atoms with Crippen LogP contribution in [-0.2, 0) is 5.41 Å². The van der Waals surface area contributed by atoms with Gasteiger partial charge in [-0.1, -0.05) is 32.3 Å². The van der Waals surface area contributed by atoms with Crippen LogP contribution in [0.2, 0.25) is 0 Å². The molecule has 2 heterocycles. The molecule has 0 radical (unpaired) electrons. The van der Waals surface area contributed by atoms with Gasteiger partial charge in [0.2, 0.25) is 5.89 Å². The molecule has 4 heteroatoms. The minimum absolute atomic E-state index is 0.125. The molecule has 0 amide bonds. The van der Waals surface area contributed by atoms with E-state index in [1.54, 1.807) is 0 Å². The molecule has 0 spiro atoms. The van der Waals surface area contributed by atoms with Crippen LogP contribution in [0.3, 0.4) is 0 Å². The van der Waals surface area contributed by atoms with Gasteiger partial charge in [-0.05, 0) is 32.4 Å². The molecule has 1 aliphatic rings. The van der Waals surface area contributed by atoms with E-state index in [2.05, 4.69) is 36.2 Å². The summed E-state index contributed by atoms with van der Waals surface area (Å²) >= 11 is 0. The zero-order chi connectivity index (χ0) is 12.3. The van der Waals surface area contributed by atoms with Gasteiger partial charge in [0.25, 0.3) is 0 Å². The van der Waals surface area contributed by atoms with Crippen LogP contribution >= 0.6 is 0 Å². The first kappa shape index (κ1) is 12.6. The van der Waals surface area contributed by atoms with Crippen molar-refractivity contribution in [1.29, 1.82) is 0 Å². The van der Waals surface area contributed by atoms with Gasteiger partial charge >= 0.3 is 0 Å². The highest BCUT2D eigenvalue weighted by Gasteiger charge is 2.38. The Labute approximate surface area is 103 Å². The van der Waals surface area contributed by atoms with Gasteiger partial charge in [-0.3, -0.25) is 0 Å². The van der Waals surface area contributed by atoms with Crippen LogP contribution < -0.4 is 5.32 Å². The van der Waals surface area contributed by atoms with E-state index in [1.807, 2.05) is 0 Å². The van der Waals surface area contributed by atoms with Gasteiger partial charge < -0.3 is 9.84 Å². The Morgan fingerprint density at radius 2 is 2.06 bits per heavy atom. The molecule has 96 valence electrons. The summed E-state index contributed by atoms with van der Waals surface area (Å²) in [5, 5.41) is 7.52. The largest absolute Gasteiger partial charge is 0.339 e. The lowest BCUT2D eigenvalue weighted by atomic mass is 9.75. The van der Waals surface area contributed by atoms with E-state index in [-0.39, 0.29) is 5.41 Å². The smallest absolute Gasteiger partial charge is 0.232 e. The first-order chi connectivity index (χ1) is 8.18. The second-order valence-electron chi connectivity index (χ2n) is 5.39. The third-order valence-electron chi connectivity index (χ3n) is 3.70. The highest BCUT2D eigenvalue weighted by Crippen LogP contribution is 2.37. The number of aromatic nitrogens is 2. The first-order valence-electron chi connectivity index (χ1n) is 6.73. The van der Waals surface area contributed by atoms with Crippen molar-refractivity contribution < 1.29 is 4.52 Å². The Hall–Kier alpha value is -0.900. The standard InChI is InChI=1S/C13H23N3O/c1-4-5-13(6-8-14-9-7-13)12-15-11(10(2)3)16-17-12/h10,14H,4-9H2,1-3H3. The molecule has 1 fully saturated rings. The summed E-state index contributed by atoms with van der Waals surface area (Å²) in [5.74, 6) is 2.05. The van der Waals surface area contributed by atoms with Crippen LogP contribution in [0.25, 0.3) is 0 Å². The van der Waals surface area contributed by atoms with Crippen molar-refractivity contribution in [3.8, 4) is 0 Å². The van der Waals surface area contributed by atoms with Gasteiger partial charge in [0.05, 0.1) is 5.41 Å². The Bertz CT molecular complexity index is 348. The number of piperidine rings is 1. The Morgan fingerprint density at radius 3 is 2.59 bits per heavy atom. The fourth-order valence-corrected chi connectivity index (χ4v) is 2.64. The Balaban J connectivity index is 2.24. The quantitative estimate of drug-likeness (QED) is 0.874. The van der Waals surface area contributed by atoms with Crippen molar-refractivity contribution in [2.45, 2.75) is 57.8 Å². The van der Waals surface area contributed by atoms with Crippen LogP contribution in [0.5, 0.6) is 0 Å². The van der Waals surface area contributed by atoms with E-state index < -0.39 is 0 Å². The summed E-state index contributed by atoms with van der Waals surface area (Å²) < 4.78 is 5.53. The zero-order valence-electron chi connectivity index (χ0n) is 11.1. The zero-order valence-corrected chi connectivity index (χ0v) is 11.1. The molecule has 0 aliphatic carbocycles. The summed E-state index contributed by atoms with van der Waals surface area (Å²) in [6.45, 7) is 8.54. The van der Waals surface area contributed by atoms with Crippen LogP contribution in [0.4, 0.5) is 0 Å². The lowest BCUT2D eigenvalue weighted by Gasteiger charge is -2.34. The molecule has 0 bridgehead atoms. The second kappa shape index (κ2) is 5.17. The Kier molecular flexibility index (Phi) is 3.82. The predicted molar refractivity (Wildman–Crippen MR) is 67.1 cm³/mol. The summed E-state index contributed by atoms with van der Waals surface area (Å²) in [6, 6.07) is 0. The molecule has 0 atom stereocenters. The fourth-order valence-electron chi connectivity index (χ4n) is 2.64. The average molecular weight is 237 g/mol. The average Bonchev–Trinajstić information content (AvgIpc) is 2.80. The topological polar surface area (TPSA) is 51.0 Å².